The van der Waals surface area contributed by atoms with Crippen LogP contribution in [-0.4, -0.2) is 47.4 Å². The van der Waals surface area contributed by atoms with Crippen molar-refractivity contribution in [3.8, 4) is 0 Å². The molecule has 6 nitrogen and oxygen atoms in total. The molecule has 0 aliphatic carbocycles. The van der Waals surface area contributed by atoms with Gasteiger partial charge in [0, 0.05) is 12.8 Å². The van der Waals surface area contributed by atoms with Gasteiger partial charge in [0.2, 0.25) is 5.91 Å². The SMILES string of the molecule is CCCCCCCCCCCCCCC(=O)OCCCCCCCCCCCCCC/C=C\CCCCCCCCCCCCCC(=O)NC(CO)C(O)CCCCCCCCCCC. The Morgan fingerprint density at radius 1 is 0.415 bits per heavy atom. The van der Waals surface area contributed by atoms with Crippen molar-refractivity contribution < 1.29 is 24.5 Å². The minimum absolute atomic E-state index is 0.0160. The number of nitrogens with one attached hydrogen (secondary N) is 1. The molecule has 0 fully saturated rings. The number of carbonyl (C=O) groups excluding carboxylic acids is 2. The molecule has 3 N–H and O–H groups in total. The minimum atomic E-state index is -0.661. The lowest BCUT2D eigenvalue weighted by Gasteiger charge is -2.22. The van der Waals surface area contributed by atoms with Crippen LogP contribution in [0.25, 0.3) is 0 Å². The molecule has 0 saturated carbocycles. The van der Waals surface area contributed by atoms with E-state index < -0.39 is 12.1 Å². The predicted molar refractivity (Wildman–Crippen MR) is 283 cm³/mol. The summed E-state index contributed by atoms with van der Waals surface area (Å²) in [6.07, 6.45) is 65.1. The fourth-order valence-electron chi connectivity index (χ4n) is 9.28. The zero-order chi connectivity index (χ0) is 47.2. The molecule has 0 aromatic heterocycles. The van der Waals surface area contributed by atoms with Crippen LogP contribution < -0.4 is 5.32 Å². The Balaban J connectivity index is 3.34. The fourth-order valence-corrected chi connectivity index (χ4v) is 9.28. The lowest BCUT2D eigenvalue weighted by atomic mass is 10.0. The van der Waals surface area contributed by atoms with Gasteiger partial charge in [-0.15, -0.1) is 0 Å². The Labute approximate surface area is 406 Å². The smallest absolute Gasteiger partial charge is 0.305 e. The van der Waals surface area contributed by atoms with Crippen molar-refractivity contribution in [1.82, 2.24) is 5.32 Å². The highest BCUT2D eigenvalue weighted by Gasteiger charge is 2.20. The van der Waals surface area contributed by atoms with Gasteiger partial charge in [0.25, 0.3) is 0 Å². The zero-order valence-electron chi connectivity index (χ0n) is 44.0. The topological polar surface area (TPSA) is 95.9 Å². The quantitative estimate of drug-likeness (QED) is 0.0321. The number of amides is 1. The fraction of sp³-hybridized carbons (Fsp3) is 0.932. The van der Waals surface area contributed by atoms with Gasteiger partial charge in [-0.2, -0.15) is 0 Å². The summed E-state index contributed by atoms with van der Waals surface area (Å²) in [6, 6.07) is -0.539. The first-order valence-corrected chi connectivity index (χ1v) is 29.4. The Kier molecular flexibility index (Phi) is 54.0. The number of aliphatic hydroxyl groups excluding tert-OH is 2. The van der Waals surface area contributed by atoms with Gasteiger partial charge in [-0.3, -0.25) is 9.59 Å². The summed E-state index contributed by atoms with van der Waals surface area (Å²) in [4.78, 5) is 24.4. The first-order chi connectivity index (χ1) is 32.0. The van der Waals surface area contributed by atoms with E-state index in [1.807, 2.05) is 0 Å². The predicted octanol–water partition coefficient (Wildman–Crippen LogP) is 18.1. The molecule has 0 aromatic carbocycles. The number of hydrogen-bond donors (Lipinski definition) is 3. The van der Waals surface area contributed by atoms with Gasteiger partial charge in [0.05, 0.1) is 25.4 Å². The average molecular weight is 919 g/mol. The average Bonchev–Trinajstić information content (AvgIpc) is 3.31. The Hall–Kier alpha value is -1.40. The van der Waals surface area contributed by atoms with Crippen molar-refractivity contribution in [2.75, 3.05) is 13.2 Å². The molecular formula is C59H115NO5. The van der Waals surface area contributed by atoms with Gasteiger partial charge in [-0.25, -0.2) is 0 Å². The van der Waals surface area contributed by atoms with Crippen molar-refractivity contribution in [1.29, 1.82) is 0 Å². The van der Waals surface area contributed by atoms with Crippen LogP contribution in [0, 0.1) is 0 Å². The van der Waals surface area contributed by atoms with Crippen LogP contribution >= 0.6 is 0 Å². The van der Waals surface area contributed by atoms with Crippen LogP contribution in [0.15, 0.2) is 12.2 Å². The highest BCUT2D eigenvalue weighted by atomic mass is 16.5. The maximum Gasteiger partial charge on any atom is 0.305 e. The van der Waals surface area contributed by atoms with E-state index in [1.165, 1.54) is 257 Å². The monoisotopic (exact) mass is 918 g/mol. The zero-order valence-corrected chi connectivity index (χ0v) is 44.0. The molecule has 0 saturated heterocycles. The van der Waals surface area contributed by atoms with E-state index in [4.69, 9.17) is 4.74 Å². The van der Waals surface area contributed by atoms with Gasteiger partial charge in [0.1, 0.15) is 0 Å². The number of esters is 1. The van der Waals surface area contributed by atoms with Crippen LogP contribution in [0.3, 0.4) is 0 Å². The Bertz CT molecular complexity index is 970. The molecule has 0 heterocycles. The van der Waals surface area contributed by atoms with E-state index in [1.54, 1.807) is 0 Å². The van der Waals surface area contributed by atoms with Gasteiger partial charge >= 0.3 is 5.97 Å². The molecule has 0 aromatic rings. The number of allylic oxidation sites excluding steroid dienone is 2. The highest BCUT2D eigenvalue weighted by molar-refractivity contribution is 5.76. The summed E-state index contributed by atoms with van der Waals surface area (Å²) >= 11 is 0. The number of hydrogen-bond acceptors (Lipinski definition) is 5. The summed E-state index contributed by atoms with van der Waals surface area (Å²) in [5.74, 6) is -0.0211. The molecule has 6 heteroatoms. The third-order valence-corrected chi connectivity index (χ3v) is 13.8. The second kappa shape index (κ2) is 55.2. The van der Waals surface area contributed by atoms with Crippen molar-refractivity contribution in [2.45, 2.75) is 341 Å². The molecule has 0 radical (unpaired) electrons. The summed E-state index contributed by atoms with van der Waals surface area (Å²) < 4.78 is 5.47. The molecule has 0 aliphatic heterocycles. The number of rotatable bonds is 55. The van der Waals surface area contributed by atoms with Crippen molar-refractivity contribution >= 4 is 11.9 Å². The first-order valence-electron chi connectivity index (χ1n) is 29.4. The normalized spacial score (nSPS) is 12.6. The number of ether oxygens (including phenoxy) is 1. The number of aliphatic hydroxyl groups is 2. The van der Waals surface area contributed by atoms with Crippen molar-refractivity contribution in [3.63, 3.8) is 0 Å². The molecule has 2 atom stereocenters. The molecule has 386 valence electrons. The van der Waals surface area contributed by atoms with Gasteiger partial charge in [0.15, 0.2) is 0 Å². The van der Waals surface area contributed by atoms with E-state index in [-0.39, 0.29) is 18.5 Å². The van der Waals surface area contributed by atoms with E-state index in [0.717, 1.165) is 38.5 Å². The third kappa shape index (κ3) is 51.8. The Morgan fingerprint density at radius 3 is 1.09 bits per heavy atom. The van der Waals surface area contributed by atoms with Crippen LogP contribution in [0.4, 0.5) is 0 Å². The van der Waals surface area contributed by atoms with Crippen LogP contribution in [0.2, 0.25) is 0 Å². The molecule has 65 heavy (non-hydrogen) atoms. The second-order valence-electron chi connectivity index (χ2n) is 20.3. The Morgan fingerprint density at radius 2 is 0.723 bits per heavy atom. The summed E-state index contributed by atoms with van der Waals surface area (Å²) in [7, 11) is 0. The molecule has 0 spiro atoms. The van der Waals surface area contributed by atoms with Gasteiger partial charge < -0.3 is 20.3 Å². The summed E-state index contributed by atoms with van der Waals surface area (Å²) in [5, 5.41) is 23.1. The maximum atomic E-state index is 12.4. The molecule has 0 aliphatic rings. The maximum absolute atomic E-state index is 12.4. The largest absolute Gasteiger partial charge is 0.466 e. The number of unbranched alkanes of at least 4 members (excludes halogenated alkanes) is 42. The van der Waals surface area contributed by atoms with E-state index in [2.05, 4.69) is 31.3 Å². The lowest BCUT2D eigenvalue weighted by Crippen LogP contribution is -2.45. The van der Waals surface area contributed by atoms with Crippen molar-refractivity contribution in [2.24, 2.45) is 0 Å². The highest BCUT2D eigenvalue weighted by Crippen LogP contribution is 2.17. The summed E-state index contributed by atoms with van der Waals surface area (Å²) in [6.45, 7) is 4.94. The third-order valence-electron chi connectivity index (χ3n) is 13.8. The first kappa shape index (κ1) is 63.6. The molecule has 2 unspecified atom stereocenters. The van der Waals surface area contributed by atoms with E-state index in [0.29, 0.717) is 25.9 Å². The van der Waals surface area contributed by atoms with Crippen LogP contribution in [0.1, 0.15) is 328 Å². The van der Waals surface area contributed by atoms with Crippen molar-refractivity contribution in [3.05, 3.63) is 12.2 Å². The second-order valence-corrected chi connectivity index (χ2v) is 20.3. The molecule has 0 bridgehead atoms. The minimum Gasteiger partial charge on any atom is -0.466 e. The number of carbonyl (C=O) groups is 2. The van der Waals surface area contributed by atoms with Gasteiger partial charge in [-0.1, -0.05) is 276 Å². The standard InChI is InChI=1S/C59H115NO5/c1-3-5-7-9-11-13-14-33-37-41-45-49-53-59(64)65-54-50-46-42-38-34-31-29-27-25-23-21-19-17-15-16-18-20-22-24-26-28-30-32-36-40-44-48-52-58(63)60-56(55-61)57(62)51-47-43-39-35-12-10-8-6-4-2/h15-16,56-57,61-62H,3-14,17-55H2,1-2H3,(H,60,63)/b16-15-. The van der Waals surface area contributed by atoms with E-state index >= 15 is 0 Å². The lowest BCUT2D eigenvalue weighted by molar-refractivity contribution is -0.143. The van der Waals surface area contributed by atoms with E-state index in [9.17, 15) is 19.8 Å². The molecule has 0 rings (SSSR count). The molecular weight excluding hydrogens is 803 g/mol. The summed E-state index contributed by atoms with van der Waals surface area (Å²) in [5.41, 5.74) is 0. The van der Waals surface area contributed by atoms with Gasteiger partial charge in [-0.05, 0) is 51.4 Å². The molecule has 1 amide bonds. The van der Waals surface area contributed by atoms with Crippen LogP contribution in [-0.2, 0) is 14.3 Å². The van der Waals surface area contributed by atoms with Crippen LogP contribution in [0.5, 0.6) is 0 Å².